The third-order valence-corrected chi connectivity index (χ3v) is 5.57. The summed E-state index contributed by atoms with van der Waals surface area (Å²) in [6, 6.07) is 1.07. The Labute approximate surface area is 159 Å². The van der Waals surface area contributed by atoms with Crippen LogP contribution in [0.25, 0.3) is 0 Å². The highest BCUT2D eigenvalue weighted by atomic mass is 16.5. The zero-order valence-electron chi connectivity index (χ0n) is 17.2. The van der Waals surface area contributed by atoms with E-state index < -0.39 is 0 Å². The van der Waals surface area contributed by atoms with Gasteiger partial charge in [0.25, 0.3) is 0 Å². The molecular formula is C19H39N5O2. The number of hydrogen-bond acceptors (Lipinski definition) is 5. The van der Waals surface area contributed by atoms with Crippen molar-refractivity contribution in [3.63, 3.8) is 0 Å². The maximum Gasteiger partial charge on any atom is 0.191 e. The lowest BCUT2D eigenvalue weighted by Crippen LogP contribution is -2.53. The smallest absolute Gasteiger partial charge is 0.191 e. The Hall–Kier alpha value is -0.890. The van der Waals surface area contributed by atoms with E-state index in [1.807, 2.05) is 7.05 Å². The monoisotopic (exact) mass is 369 g/mol. The molecule has 2 rings (SSSR count). The highest BCUT2D eigenvalue weighted by molar-refractivity contribution is 5.79. The Morgan fingerprint density at radius 2 is 2.00 bits per heavy atom. The molecule has 7 nitrogen and oxygen atoms in total. The normalized spacial score (nSPS) is 24.2. The molecule has 2 heterocycles. The Kier molecular flexibility index (Phi) is 9.67. The number of guanidine groups is 1. The quantitative estimate of drug-likeness (QED) is 0.459. The molecule has 2 fully saturated rings. The van der Waals surface area contributed by atoms with E-state index in [1.54, 1.807) is 7.11 Å². The fourth-order valence-electron chi connectivity index (χ4n) is 3.96. The lowest BCUT2D eigenvalue weighted by Gasteiger charge is -2.37. The van der Waals surface area contributed by atoms with Gasteiger partial charge in [0.1, 0.15) is 0 Å². The molecule has 2 N–H and O–H groups in total. The van der Waals surface area contributed by atoms with E-state index in [1.165, 1.54) is 19.4 Å². The van der Waals surface area contributed by atoms with E-state index in [0.29, 0.717) is 18.0 Å². The number of hydrogen-bond donors (Lipinski definition) is 2. The van der Waals surface area contributed by atoms with Crippen molar-refractivity contribution >= 4 is 5.96 Å². The molecule has 0 saturated carbocycles. The predicted octanol–water partition coefficient (Wildman–Crippen LogP) is 0.619. The molecule has 7 heteroatoms. The second kappa shape index (κ2) is 11.7. The maximum atomic E-state index is 5.50. The van der Waals surface area contributed by atoms with Gasteiger partial charge in [-0.1, -0.05) is 13.8 Å². The molecule has 0 aromatic rings. The lowest BCUT2D eigenvalue weighted by molar-refractivity contribution is 0.00752. The fourth-order valence-corrected chi connectivity index (χ4v) is 3.96. The van der Waals surface area contributed by atoms with Gasteiger partial charge in [-0.05, 0) is 25.3 Å². The Morgan fingerprint density at radius 3 is 2.65 bits per heavy atom. The summed E-state index contributed by atoms with van der Waals surface area (Å²) >= 11 is 0. The minimum atomic E-state index is 0.502. The van der Waals surface area contributed by atoms with Gasteiger partial charge >= 0.3 is 0 Å². The van der Waals surface area contributed by atoms with Gasteiger partial charge in [0, 0.05) is 59.0 Å². The average Bonchev–Trinajstić information content (AvgIpc) is 3.10. The third kappa shape index (κ3) is 6.68. The molecule has 0 radical (unpaired) electrons. The Balaban J connectivity index is 1.77. The minimum Gasteiger partial charge on any atom is -0.383 e. The molecule has 2 aliphatic rings. The van der Waals surface area contributed by atoms with Gasteiger partial charge in [-0.25, -0.2) is 0 Å². The number of nitrogens with zero attached hydrogens (tertiary/aromatic N) is 3. The Bertz CT molecular complexity index is 413. The summed E-state index contributed by atoms with van der Waals surface area (Å²) in [7, 11) is 3.63. The van der Waals surface area contributed by atoms with Crippen LogP contribution < -0.4 is 10.6 Å². The summed E-state index contributed by atoms with van der Waals surface area (Å²) in [5.74, 6) is 1.50. The van der Waals surface area contributed by atoms with Crippen molar-refractivity contribution in [3.8, 4) is 0 Å². The van der Waals surface area contributed by atoms with Crippen LogP contribution in [-0.4, -0.2) is 101 Å². The first-order valence-electron chi connectivity index (χ1n) is 10.1. The van der Waals surface area contributed by atoms with Gasteiger partial charge < -0.3 is 20.1 Å². The number of ether oxygens (including phenoxy) is 2. The molecule has 26 heavy (non-hydrogen) atoms. The van der Waals surface area contributed by atoms with Gasteiger partial charge in [0.15, 0.2) is 5.96 Å². The molecule has 0 spiro atoms. The molecule has 0 aliphatic carbocycles. The van der Waals surface area contributed by atoms with Crippen LogP contribution in [0.4, 0.5) is 0 Å². The van der Waals surface area contributed by atoms with Crippen molar-refractivity contribution < 1.29 is 9.47 Å². The van der Waals surface area contributed by atoms with Crippen LogP contribution in [-0.2, 0) is 9.47 Å². The van der Waals surface area contributed by atoms with E-state index >= 15 is 0 Å². The summed E-state index contributed by atoms with van der Waals surface area (Å²) in [6.07, 6.45) is 2.52. The number of rotatable bonds is 9. The molecule has 2 saturated heterocycles. The molecule has 2 atom stereocenters. The number of nitrogens with one attached hydrogen (secondary N) is 2. The highest BCUT2D eigenvalue weighted by Gasteiger charge is 2.25. The molecule has 2 aliphatic heterocycles. The molecule has 0 aromatic carbocycles. The first-order valence-corrected chi connectivity index (χ1v) is 10.1. The van der Waals surface area contributed by atoms with Crippen LogP contribution in [0.2, 0.25) is 0 Å². The number of aliphatic imine (C=N–C) groups is 1. The predicted molar refractivity (Wildman–Crippen MR) is 107 cm³/mol. The fraction of sp³-hybridized carbons (Fsp3) is 0.947. The number of methoxy groups -OCH3 is 1. The SMILES string of the molecule is CN=C(NCC1CCCN1CCOC)NCC(C(C)C)N1CCOCC1. The molecule has 2 unspecified atom stereocenters. The topological polar surface area (TPSA) is 61.4 Å². The summed E-state index contributed by atoms with van der Waals surface area (Å²) in [4.78, 5) is 9.48. The van der Waals surface area contributed by atoms with Crippen molar-refractivity contribution in [2.75, 3.05) is 73.2 Å². The minimum absolute atomic E-state index is 0.502. The number of morpholine rings is 1. The molecule has 0 amide bonds. The van der Waals surface area contributed by atoms with Crippen LogP contribution in [0.5, 0.6) is 0 Å². The third-order valence-electron chi connectivity index (χ3n) is 5.57. The summed E-state index contributed by atoms with van der Waals surface area (Å²) in [5.41, 5.74) is 0. The zero-order chi connectivity index (χ0) is 18.8. The van der Waals surface area contributed by atoms with Crippen LogP contribution in [0.15, 0.2) is 4.99 Å². The van der Waals surface area contributed by atoms with Gasteiger partial charge in [0.05, 0.1) is 19.8 Å². The summed E-state index contributed by atoms with van der Waals surface area (Å²) in [6.45, 7) is 13.2. The van der Waals surface area contributed by atoms with E-state index in [9.17, 15) is 0 Å². The number of likely N-dealkylation sites (tertiary alicyclic amines) is 1. The van der Waals surface area contributed by atoms with Gasteiger partial charge in [0.2, 0.25) is 0 Å². The lowest BCUT2D eigenvalue weighted by atomic mass is 10.0. The van der Waals surface area contributed by atoms with Crippen molar-refractivity contribution in [2.24, 2.45) is 10.9 Å². The molecular weight excluding hydrogens is 330 g/mol. The van der Waals surface area contributed by atoms with Crippen LogP contribution >= 0.6 is 0 Å². The van der Waals surface area contributed by atoms with Crippen molar-refractivity contribution in [3.05, 3.63) is 0 Å². The van der Waals surface area contributed by atoms with Crippen molar-refractivity contribution in [2.45, 2.75) is 38.8 Å². The van der Waals surface area contributed by atoms with Gasteiger partial charge in [-0.2, -0.15) is 0 Å². The van der Waals surface area contributed by atoms with E-state index in [-0.39, 0.29) is 0 Å². The van der Waals surface area contributed by atoms with Crippen LogP contribution in [0, 0.1) is 5.92 Å². The first kappa shape index (κ1) is 21.4. The van der Waals surface area contributed by atoms with Gasteiger partial charge in [-0.15, -0.1) is 0 Å². The van der Waals surface area contributed by atoms with E-state index in [2.05, 4.69) is 39.3 Å². The average molecular weight is 370 g/mol. The standard InChI is InChI=1S/C19H39N5O2/c1-16(2)18(24-9-12-26-13-10-24)15-22-19(20-3)21-14-17-6-5-7-23(17)8-11-25-4/h16-18H,5-15H2,1-4H3,(H2,20,21,22). The Morgan fingerprint density at radius 1 is 1.23 bits per heavy atom. The largest absolute Gasteiger partial charge is 0.383 e. The first-order chi connectivity index (χ1) is 12.7. The molecule has 152 valence electrons. The van der Waals surface area contributed by atoms with Gasteiger partial charge in [-0.3, -0.25) is 14.8 Å². The molecule has 0 aromatic heterocycles. The van der Waals surface area contributed by atoms with E-state index in [4.69, 9.17) is 9.47 Å². The van der Waals surface area contributed by atoms with Crippen LogP contribution in [0.1, 0.15) is 26.7 Å². The second-order valence-electron chi connectivity index (χ2n) is 7.62. The van der Waals surface area contributed by atoms with Crippen LogP contribution in [0.3, 0.4) is 0 Å². The van der Waals surface area contributed by atoms with Crippen molar-refractivity contribution in [1.82, 2.24) is 20.4 Å². The van der Waals surface area contributed by atoms with E-state index in [0.717, 1.165) is 58.5 Å². The second-order valence-corrected chi connectivity index (χ2v) is 7.62. The molecule has 0 bridgehead atoms. The highest BCUT2D eigenvalue weighted by Crippen LogP contribution is 2.16. The summed E-state index contributed by atoms with van der Waals surface area (Å²) in [5, 5.41) is 7.07. The zero-order valence-corrected chi connectivity index (χ0v) is 17.2. The van der Waals surface area contributed by atoms with Crippen molar-refractivity contribution in [1.29, 1.82) is 0 Å². The maximum absolute atomic E-state index is 5.50. The summed E-state index contributed by atoms with van der Waals surface area (Å²) < 4.78 is 10.7.